The van der Waals surface area contributed by atoms with E-state index in [4.69, 9.17) is 21.1 Å². The minimum absolute atomic E-state index is 0.339. The summed E-state index contributed by atoms with van der Waals surface area (Å²) in [4.78, 5) is 0. The van der Waals surface area contributed by atoms with E-state index in [9.17, 15) is 0 Å². The van der Waals surface area contributed by atoms with E-state index >= 15 is 0 Å². The Morgan fingerprint density at radius 3 is 2.86 bits per heavy atom. The number of benzene rings is 1. The molecule has 0 aliphatic carbocycles. The van der Waals surface area contributed by atoms with Crippen molar-refractivity contribution in [3.05, 3.63) is 29.8 Å². The first kappa shape index (κ1) is 9.81. The van der Waals surface area contributed by atoms with Gasteiger partial charge in [0.1, 0.15) is 11.3 Å². The highest BCUT2D eigenvalue weighted by molar-refractivity contribution is 6.19. The topological polar surface area (TPSA) is 18.5 Å². The molecular weight excluding hydrogens is 200 g/mol. The normalized spacial score (nSPS) is 26.8. The molecule has 3 heteroatoms. The molecule has 1 aliphatic heterocycles. The van der Waals surface area contributed by atoms with Gasteiger partial charge >= 0.3 is 0 Å². The Morgan fingerprint density at radius 2 is 2.21 bits per heavy atom. The van der Waals surface area contributed by atoms with Crippen LogP contribution in [0.1, 0.15) is 19.4 Å². The lowest BCUT2D eigenvalue weighted by molar-refractivity contribution is -0.164. The van der Waals surface area contributed by atoms with Gasteiger partial charge in [-0.1, -0.05) is 29.8 Å². The lowest BCUT2D eigenvalue weighted by Gasteiger charge is -2.25. The maximum absolute atomic E-state index is 5.79. The van der Waals surface area contributed by atoms with Crippen LogP contribution in [0.4, 0.5) is 0 Å². The number of fused-ring (bicyclic) bond motifs is 1. The van der Waals surface area contributed by atoms with Crippen LogP contribution >= 0.6 is 11.6 Å². The summed E-state index contributed by atoms with van der Waals surface area (Å²) < 4.78 is 11.2. The van der Waals surface area contributed by atoms with Crippen LogP contribution in [0.3, 0.4) is 0 Å². The van der Waals surface area contributed by atoms with E-state index in [-0.39, 0.29) is 5.56 Å². The summed E-state index contributed by atoms with van der Waals surface area (Å²) in [6.45, 7) is 3.70. The summed E-state index contributed by atoms with van der Waals surface area (Å²) in [5.74, 6) is 0.289. The van der Waals surface area contributed by atoms with E-state index in [0.717, 1.165) is 12.2 Å². The highest BCUT2D eigenvalue weighted by Gasteiger charge is 2.36. The number of halogens is 1. The van der Waals surface area contributed by atoms with Crippen molar-refractivity contribution >= 4 is 11.6 Å². The SMILES string of the molecule is CC(Cl)OC1(C)Cc2ccccc2O1. The Hall–Kier alpha value is -0.730. The molecule has 0 amide bonds. The lowest BCUT2D eigenvalue weighted by atomic mass is 10.1. The Morgan fingerprint density at radius 1 is 1.50 bits per heavy atom. The zero-order valence-electron chi connectivity index (χ0n) is 8.29. The molecule has 2 rings (SSSR count). The van der Waals surface area contributed by atoms with Gasteiger partial charge in [0.25, 0.3) is 0 Å². The molecule has 76 valence electrons. The van der Waals surface area contributed by atoms with Crippen molar-refractivity contribution in [3.63, 3.8) is 0 Å². The first-order valence-electron chi connectivity index (χ1n) is 4.68. The van der Waals surface area contributed by atoms with E-state index in [1.807, 2.05) is 31.2 Å². The summed E-state index contributed by atoms with van der Waals surface area (Å²) in [5.41, 5.74) is 0.835. The first-order valence-corrected chi connectivity index (χ1v) is 5.11. The Labute approximate surface area is 88.8 Å². The zero-order valence-corrected chi connectivity index (χ0v) is 9.04. The van der Waals surface area contributed by atoms with Crippen molar-refractivity contribution in [2.45, 2.75) is 31.6 Å². The van der Waals surface area contributed by atoms with Gasteiger partial charge in [0.05, 0.1) is 0 Å². The number of para-hydroxylation sites is 1. The molecule has 0 saturated carbocycles. The van der Waals surface area contributed by atoms with Crippen LogP contribution in [-0.2, 0) is 11.2 Å². The quantitative estimate of drug-likeness (QED) is 0.702. The second-order valence-corrected chi connectivity index (χ2v) is 4.30. The van der Waals surface area contributed by atoms with E-state index in [1.165, 1.54) is 5.56 Å². The van der Waals surface area contributed by atoms with Crippen molar-refractivity contribution in [2.24, 2.45) is 0 Å². The van der Waals surface area contributed by atoms with Crippen LogP contribution in [0.15, 0.2) is 24.3 Å². The molecule has 0 aromatic heterocycles. The molecule has 2 unspecified atom stereocenters. The van der Waals surface area contributed by atoms with Gasteiger partial charge in [-0.25, -0.2) is 0 Å². The third-order valence-electron chi connectivity index (χ3n) is 2.22. The molecule has 1 aromatic carbocycles. The van der Waals surface area contributed by atoms with Crippen molar-refractivity contribution in [1.29, 1.82) is 0 Å². The van der Waals surface area contributed by atoms with Gasteiger partial charge in [-0.05, 0) is 13.0 Å². The summed E-state index contributed by atoms with van der Waals surface area (Å²) in [7, 11) is 0. The maximum Gasteiger partial charge on any atom is 0.213 e. The molecule has 2 atom stereocenters. The van der Waals surface area contributed by atoms with Gasteiger partial charge in [-0.15, -0.1) is 0 Å². The molecule has 2 nitrogen and oxygen atoms in total. The second kappa shape index (κ2) is 3.44. The number of hydrogen-bond donors (Lipinski definition) is 0. The third kappa shape index (κ3) is 1.86. The van der Waals surface area contributed by atoms with Crippen molar-refractivity contribution in [1.82, 2.24) is 0 Å². The molecule has 0 spiro atoms. The number of rotatable bonds is 2. The van der Waals surface area contributed by atoms with Gasteiger partial charge in [0, 0.05) is 18.9 Å². The maximum atomic E-state index is 5.79. The van der Waals surface area contributed by atoms with Crippen LogP contribution in [0.5, 0.6) is 5.75 Å². The van der Waals surface area contributed by atoms with E-state index in [2.05, 4.69) is 0 Å². The van der Waals surface area contributed by atoms with Crippen LogP contribution < -0.4 is 4.74 Å². The third-order valence-corrected chi connectivity index (χ3v) is 2.31. The molecule has 0 N–H and O–H groups in total. The summed E-state index contributed by atoms with van der Waals surface area (Å²) in [5, 5.41) is 0. The van der Waals surface area contributed by atoms with Crippen LogP contribution in [-0.4, -0.2) is 11.4 Å². The van der Waals surface area contributed by atoms with Gasteiger partial charge in [-0.2, -0.15) is 0 Å². The highest BCUT2D eigenvalue weighted by Crippen LogP contribution is 2.36. The van der Waals surface area contributed by atoms with Crippen LogP contribution in [0.2, 0.25) is 0 Å². The lowest BCUT2D eigenvalue weighted by Crippen LogP contribution is -2.35. The van der Waals surface area contributed by atoms with E-state index in [1.54, 1.807) is 6.92 Å². The molecule has 1 aromatic rings. The first-order chi connectivity index (χ1) is 6.59. The largest absolute Gasteiger partial charge is 0.462 e. The molecule has 1 aliphatic rings. The standard InChI is InChI=1S/C11H13ClO2/c1-8(12)13-11(2)7-9-5-3-4-6-10(9)14-11/h3-6,8H,7H2,1-2H3. The Kier molecular flexibility index (Phi) is 2.41. The van der Waals surface area contributed by atoms with Crippen molar-refractivity contribution in [3.8, 4) is 5.75 Å². The molecule has 1 heterocycles. The molecular formula is C11H13ClO2. The minimum atomic E-state index is -0.606. The Bertz CT molecular complexity index is 311. The predicted molar refractivity (Wildman–Crippen MR) is 55.6 cm³/mol. The fourth-order valence-electron chi connectivity index (χ4n) is 1.77. The smallest absolute Gasteiger partial charge is 0.213 e. The molecule has 0 saturated heterocycles. The fourth-order valence-corrected chi connectivity index (χ4v) is 1.96. The molecule has 0 fully saturated rings. The zero-order chi connectivity index (χ0) is 10.2. The molecule has 0 bridgehead atoms. The van der Waals surface area contributed by atoms with Gasteiger partial charge in [0.15, 0.2) is 0 Å². The van der Waals surface area contributed by atoms with Crippen LogP contribution in [0, 0.1) is 0 Å². The van der Waals surface area contributed by atoms with E-state index in [0.29, 0.717) is 0 Å². The van der Waals surface area contributed by atoms with E-state index < -0.39 is 5.79 Å². The predicted octanol–water partition coefficient (Wildman–Crippen LogP) is 2.94. The summed E-state index contributed by atoms with van der Waals surface area (Å²) >= 11 is 5.79. The van der Waals surface area contributed by atoms with Gasteiger partial charge in [-0.3, -0.25) is 0 Å². The summed E-state index contributed by atoms with van der Waals surface area (Å²) in [6.07, 6.45) is 0.750. The Balaban J connectivity index is 2.17. The summed E-state index contributed by atoms with van der Waals surface area (Å²) in [6, 6.07) is 7.94. The second-order valence-electron chi connectivity index (χ2n) is 3.68. The van der Waals surface area contributed by atoms with Gasteiger partial charge < -0.3 is 9.47 Å². The average molecular weight is 213 g/mol. The monoisotopic (exact) mass is 212 g/mol. The van der Waals surface area contributed by atoms with Gasteiger partial charge in [0.2, 0.25) is 5.79 Å². The number of alkyl halides is 1. The van der Waals surface area contributed by atoms with Crippen molar-refractivity contribution in [2.75, 3.05) is 0 Å². The van der Waals surface area contributed by atoms with Crippen LogP contribution in [0.25, 0.3) is 0 Å². The highest BCUT2D eigenvalue weighted by atomic mass is 35.5. The van der Waals surface area contributed by atoms with Crippen molar-refractivity contribution < 1.29 is 9.47 Å². The minimum Gasteiger partial charge on any atom is -0.462 e. The average Bonchev–Trinajstić information content (AvgIpc) is 2.38. The number of ether oxygens (including phenoxy) is 2. The molecule has 14 heavy (non-hydrogen) atoms. The number of hydrogen-bond acceptors (Lipinski definition) is 2. The fraction of sp³-hybridized carbons (Fsp3) is 0.455. The molecule has 0 radical (unpaired) electrons.